The van der Waals surface area contributed by atoms with E-state index >= 15 is 0 Å². The van der Waals surface area contributed by atoms with Gasteiger partial charge in [-0.3, -0.25) is 4.79 Å². The van der Waals surface area contributed by atoms with Gasteiger partial charge in [0, 0.05) is 0 Å². The Morgan fingerprint density at radius 2 is 1.86 bits per heavy atom. The van der Waals surface area contributed by atoms with Crippen LogP contribution in [0.3, 0.4) is 0 Å². The van der Waals surface area contributed by atoms with E-state index in [1.807, 2.05) is 30.3 Å². The standard InChI is InChI=1S/C20H23NO/c1-2-17(15-9-4-3-5-10-15)20(22)21-19-14-8-12-16-11-6-7-13-18(16)19/h3-7,9-11,13,17,19H,2,8,12,14H2,1H3,(H,21,22). The molecule has 1 N–H and O–H groups in total. The van der Waals surface area contributed by atoms with E-state index in [4.69, 9.17) is 0 Å². The molecule has 0 radical (unpaired) electrons. The van der Waals surface area contributed by atoms with E-state index in [9.17, 15) is 4.79 Å². The monoisotopic (exact) mass is 293 g/mol. The van der Waals surface area contributed by atoms with Crippen LogP contribution in [-0.4, -0.2) is 5.91 Å². The molecule has 3 rings (SSSR count). The number of rotatable bonds is 4. The third-order valence-electron chi connectivity index (χ3n) is 4.61. The topological polar surface area (TPSA) is 29.1 Å². The number of fused-ring (bicyclic) bond motifs is 1. The zero-order valence-electron chi connectivity index (χ0n) is 13.1. The maximum atomic E-state index is 12.7. The van der Waals surface area contributed by atoms with Crippen LogP contribution in [0.5, 0.6) is 0 Å². The molecule has 2 atom stereocenters. The van der Waals surface area contributed by atoms with Crippen molar-refractivity contribution >= 4 is 5.91 Å². The molecule has 2 aromatic carbocycles. The lowest BCUT2D eigenvalue weighted by atomic mass is 9.87. The Kier molecular flexibility index (Phi) is 4.57. The fourth-order valence-electron chi connectivity index (χ4n) is 3.43. The zero-order valence-corrected chi connectivity index (χ0v) is 13.1. The van der Waals surface area contributed by atoms with Crippen LogP contribution >= 0.6 is 0 Å². The van der Waals surface area contributed by atoms with E-state index in [1.165, 1.54) is 11.1 Å². The Morgan fingerprint density at radius 3 is 2.64 bits per heavy atom. The highest BCUT2D eigenvalue weighted by atomic mass is 16.1. The van der Waals surface area contributed by atoms with Gasteiger partial charge in [0.05, 0.1) is 12.0 Å². The van der Waals surface area contributed by atoms with Gasteiger partial charge in [-0.15, -0.1) is 0 Å². The van der Waals surface area contributed by atoms with E-state index in [2.05, 4.69) is 36.5 Å². The van der Waals surface area contributed by atoms with Crippen molar-refractivity contribution in [2.45, 2.75) is 44.6 Å². The van der Waals surface area contributed by atoms with Crippen LogP contribution in [0.2, 0.25) is 0 Å². The minimum Gasteiger partial charge on any atom is -0.349 e. The highest BCUT2D eigenvalue weighted by Gasteiger charge is 2.25. The second-order valence-electron chi connectivity index (χ2n) is 6.02. The Hall–Kier alpha value is -2.09. The molecule has 0 saturated heterocycles. The predicted octanol–water partition coefficient (Wildman–Crippen LogP) is 4.37. The highest BCUT2D eigenvalue weighted by Crippen LogP contribution is 2.30. The van der Waals surface area contributed by atoms with Gasteiger partial charge in [-0.2, -0.15) is 0 Å². The van der Waals surface area contributed by atoms with Gasteiger partial charge in [0.25, 0.3) is 0 Å². The lowest BCUT2D eigenvalue weighted by Crippen LogP contribution is -2.34. The van der Waals surface area contributed by atoms with Crippen LogP contribution in [0, 0.1) is 0 Å². The summed E-state index contributed by atoms with van der Waals surface area (Å²) < 4.78 is 0. The Morgan fingerprint density at radius 1 is 1.14 bits per heavy atom. The van der Waals surface area contributed by atoms with E-state index in [0.29, 0.717) is 0 Å². The van der Waals surface area contributed by atoms with E-state index in [1.54, 1.807) is 0 Å². The maximum absolute atomic E-state index is 12.7. The van der Waals surface area contributed by atoms with Gasteiger partial charge in [0.15, 0.2) is 0 Å². The largest absolute Gasteiger partial charge is 0.349 e. The quantitative estimate of drug-likeness (QED) is 0.891. The smallest absolute Gasteiger partial charge is 0.228 e. The molecule has 2 nitrogen and oxygen atoms in total. The Balaban J connectivity index is 1.77. The summed E-state index contributed by atoms with van der Waals surface area (Å²) in [6.45, 7) is 2.08. The molecule has 1 aliphatic carbocycles. The molecule has 0 heterocycles. The third kappa shape index (κ3) is 3.06. The van der Waals surface area contributed by atoms with Gasteiger partial charge in [-0.05, 0) is 42.4 Å². The second kappa shape index (κ2) is 6.78. The molecule has 0 spiro atoms. The predicted molar refractivity (Wildman–Crippen MR) is 89.7 cm³/mol. The van der Waals surface area contributed by atoms with Crippen molar-refractivity contribution in [2.24, 2.45) is 0 Å². The van der Waals surface area contributed by atoms with Crippen LogP contribution < -0.4 is 5.32 Å². The number of hydrogen-bond donors (Lipinski definition) is 1. The second-order valence-corrected chi connectivity index (χ2v) is 6.02. The fraction of sp³-hybridized carbons (Fsp3) is 0.350. The molecule has 1 aliphatic rings. The lowest BCUT2D eigenvalue weighted by molar-refractivity contribution is -0.123. The van der Waals surface area contributed by atoms with Crippen molar-refractivity contribution in [3.05, 3.63) is 71.3 Å². The minimum atomic E-state index is -0.0599. The first-order valence-electron chi connectivity index (χ1n) is 8.22. The van der Waals surface area contributed by atoms with Crippen molar-refractivity contribution in [1.82, 2.24) is 5.32 Å². The zero-order chi connectivity index (χ0) is 15.4. The minimum absolute atomic E-state index is 0.0599. The number of nitrogens with one attached hydrogen (secondary N) is 1. The van der Waals surface area contributed by atoms with Crippen LogP contribution in [0.1, 0.15) is 54.8 Å². The van der Waals surface area contributed by atoms with Crippen molar-refractivity contribution in [3.63, 3.8) is 0 Å². The van der Waals surface area contributed by atoms with E-state index in [0.717, 1.165) is 31.2 Å². The van der Waals surface area contributed by atoms with Crippen molar-refractivity contribution in [3.8, 4) is 0 Å². The molecular weight excluding hydrogens is 270 g/mol. The summed E-state index contributed by atoms with van der Waals surface area (Å²) in [7, 11) is 0. The fourth-order valence-corrected chi connectivity index (χ4v) is 3.43. The highest BCUT2D eigenvalue weighted by molar-refractivity contribution is 5.84. The molecule has 2 aromatic rings. The summed E-state index contributed by atoms with van der Waals surface area (Å²) in [6, 6.07) is 18.7. The summed E-state index contributed by atoms with van der Waals surface area (Å²) in [5.74, 6) is 0.0886. The van der Waals surface area contributed by atoms with Crippen molar-refractivity contribution in [1.29, 1.82) is 0 Å². The number of aryl methyl sites for hydroxylation is 1. The molecular formula is C20H23NO. The van der Waals surface area contributed by atoms with Gasteiger partial charge >= 0.3 is 0 Å². The number of benzene rings is 2. The Labute approximate surface area is 132 Å². The van der Waals surface area contributed by atoms with Crippen LogP contribution in [-0.2, 0) is 11.2 Å². The van der Waals surface area contributed by atoms with Gasteiger partial charge in [0.2, 0.25) is 5.91 Å². The first-order chi connectivity index (χ1) is 10.8. The van der Waals surface area contributed by atoms with Gasteiger partial charge in [0.1, 0.15) is 0 Å². The summed E-state index contributed by atoms with van der Waals surface area (Å²) in [5, 5.41) is 3.29. The molecule has 0 bridgehead atoms. The van der Waals surface area contributed by atoms with Crippen LogP contribution in [0.4, 0.5) is 0 Å². The lowest BCUT2D eigenvalue weighted by Gasteiger charge is -2.28. The molecule has 0 fully saturated rings. The van der Waals surface area contributed by atoms with Crippen molar-refractivity contribution in [2.75, 3.05) is 0 Å². The first-order valence-corrected chi connectivity index (χ1v) is 8.22. The maximum Gasteiger partial charge on any atom is 0.228 e. The summed E-state index contributed by atoms with van der Waals surface area (Å²) in [4.78, 5) is 12.7. The molecule has 114 valence electrons. The molecule has 2 heteroatoms. The van der Waals surface area contributed by atoms with Gasteiger partial charge in [-0.1, -0.05) is 61.5 Å². The Bertz CT molecular complexity index is 635. The van der Waals surface area contributed by atoms with Gasteiger partial charge < -0.3 is 5.32 Å². The first kappa shape index (κ1) is 14.8. The molecule has 0 saturated carbocycles. The molecule has 1 amide bonds. The summed E-state index contributed by atoms with van der Waals surface area (Å²) in [6.07, 6.45) is 4.13. The SMILES string of the molecule is CCC(C(=O)NC1CCCc2ccccc21)c1ccccc1. The van der Waals surface area contributed by atoms with E-state index < -0.39 is 0 Å². The molecule has 2 unspecified atom stereocenters. The molecule has 22 heavy (non-hydrogen) atoms. The number of amides is 1. The summed E-state index contributed by atoms with van der Waals surface area (Å²) in [5.41, 5.74) is 3.78. The number of hydrogen-bond acceptors (Lipinski definition) is 1. The van der Waals surface area contributed by atoms with Gasteiger partial charge in [-0.25, -0.2) is 0 Å². The normalized spacial score (nSPS) is 18.3. The number of carbonyl (C=O) groups is 1. The van der Waals surface area contributed by atoms with Crippen LogP contribution in [0.25, 0.3) is 0 Å². The number of carbonyl (C=O) groups excluding carboxylic acids is 1. The van der Waals surface area contributed by atoms with Crippen molar-refractivity contribution < 1.29 is 4.79 Å². The van der Waals surface area contributed by atoms with E-state index in [-0.39, 0.29) is 17.9 Å². The average Bonchev–Trinajstić information content (AvgIpc) is 2.57. The molecule has 0 aliphatic heterocycles. The summed E-state index contributed by atoms with van der Waals surface area (Å²) >= 11 is 0. The van der Waals surface area contributed by atoms with Crippen LogP contribution in [0.15, 0.2) is 54.6 Å². The third-order valence-corrected chi connectivity index (χ3v) is 4.61. The molecule has 0 aromatic heterocycles. The average molecular weight is 293 g/mol.